The molecule has 1 atom stereocenters. The number of carbonyl (C=O) groups excluding carboxylic acids is 2. The van der Waals surface area contributed by atoms with Gasteiger partial charge in [-0.15, -0.1) is 0 Å². The van der Waals surface area contributed by atoms with Crippen LogP contribution in [0.3, 0.4) is 0 Å². The van der Waals surface area contributed by atoms with Gasteiger partial charge >= 0.3 is 0 Å². The number of nitrogens with zero attached hydrogens (tertiary/aromatic N) is 1. The van der Waals surface area contributed by atoms with Crippen molar-refractivity contribution in [2.45, 2.75) is 44.9 Å². The van der Waals surface area contributed by atoms with E-state index in [1.54, 1.807) is 0 Å². The number of benzene rings is 1. The molecule has 2 saturated heterocycles. The van der Waals surface area contributed by atoms with Gasteiger partial charge in [0.2, 0.25) is 11.8 Å². The summed E-state index contributed by atoms with van der Waals surface area (Å²) in [4.78, 5) is 26.4. The highest BCUT2D eigenvalue weighted by Gasteiger charge is 2.46. The van der Waals surface area contributed by atoms with Crippen molar-refractivity contribution in [3.63, 3.8) is 0 Å². The maximum absolute atomic E-state index is 12.4. The minimum absolute atomic E-state index is 0.156. The third-order valence-corrected chi connectivity index (χ3v) is 5.25. The van der Waals surface area contributed by atoms with E-state index in [1.165, 1.54) is 5.56 Å². The van der Waals surface area contributed by atoms with Crippen LogP contribution in [0.4, 0.5) is 0 Å². The lowest BCUT2D eigenvalue weighted by molar-refractivity contribution is -0.134. The smallest absolute Gasteiger partial charge is 0.228 e. The second-order valence-corrected chi connectivity index (χ2v) is 6.90. The minimum atomic E-state index is -0.294. The largest absolute Gasteiger partial charge is 0.356 e. The first-order chi connectivity index (χ1) is 11.2. The third kappa shape index (κ3) is 3.74. The van der Waals surface area contributed by atoms with Crippen LogP contribution in [0.5, 0.6) is 0 Å². The van der Waals surface area contributed by atoms with Gasteiger partial charge in [0.15, 0.2) is 0 Å². The normalized spacial score (nSPS) is 24.0. The number of piperidine rings is 1. The second kappa shape index (κ2) is 7.16. The fourth-order valence-corrected chi connectivity index (χ4v) is 3.81. The van der Waals surface area contributed by atoms with E-state index in [-0.39, 0.29) is 17.2 Å². The van der Waals surface area contributed by atoms with Crippen LogP contribution < -0.4 is 5.32 Å². The Morgan fingerprint density at radius 2 is 2.00 bits per heavy atom. The van der Waals surface area contributed by atoms with Gasteiger partial charge in [0.25, 0.3) is 0 Å². The summed E-state index contributed by atoms with van der Waals surface area (Å²) in [5.41, 5.74) is 1.04. The van der Waals surface area contributed by atoms with Crippen molar-refractivity contribution >= 4 is 11.8 Å². The van der Waals surface area contributed by atoms with E-state index in [0.717, 1.165) is 51.6 Å². The summed E-state index contributed by atoms with van der Waals surface area (Å²) >= 11 is 0. The Kier molecular flexibility index (Phi) is 4.99. The molecular weight excluding hydrogens is 288 g/mol. The summed E-state index contributed by atoms with van der Waals surface area (Å²) in [6.45, 7) is 2.15. The highest BCUT2D eigenvalue weighted by atomic mass is 16.2. The van der Waals surface area contributed by atoms with Gasteiger partial charge in [-0.1, -0.05) is 30.3 Å². The second-order valence-electron chi connectivity index (χ2n) is 6.90. The Labute approximate surface area is 138 Å². The van der Waals surface area contributed by atoms with E-state index in [0.29, 0.717) is 13.0 Å². The molecule has 1 N–H and O–H groups in total. The molecule has 2 aliphatic rings. The van der Waals surface area contributed by atoms with Crippen LogP contribution in [0.1, 0.15) is 44.1 Å². The summed E-state index contributed by atoms with van der Waals surface area (Å²) in [5, 5.41) is 2.97. The fraction of sp³-hybridized carbons (Fsp3) is 0.579. The summed E-state index contributed by atoms with van der Waals surface area (Å²) in [6.07, 6.45) is 6.37. The molecular formula is C19H26N2O2. The monoisotopic (exact) mass is 314 g/mol. The van der Waals surface area contributed by atoms with Gasteiger partial charge in [-0.3, -0.25) is 9.59 Å². The number of nitrogens with one attached hydrogen (secondary N) is 1. The zero-order valence-electron chi connectivity index (χ0n) is 13.7. The highest BCUT2D eigenvalue weighted by molar-refractivity contribution is 5.85. The maximum atomic E-state index is 12.4. The zero-order valence-corrected chi connectivity index (χ0v) is 13.7. The first kappa shape index (κ1) is 16.0. The van der Waals surface area contributed by atoms with E-state index in [9.17, 15) is 9.59 Å². The highest BCUT2D eigenvalue weighted by Crippen LogP contribution is 2.37. The molecule has 1 spiro atoms. The van der Waals surface area contributed by atoms with Gasteiger partial charge in [-0.05, 0) is 44.1 Å². The van der Waals surface area contributed by atoms with Crippen LogP contribution in [0.15, 0.2) is 30.3 Å². The minimum Gasteiger partial charge on any atom is -0.356 e. The molecule has 23 heavy (non-hydrogen) atoms. The van der Waals surface area contributed by atoms with Crippen molar-refractivity contribution in [2.24, 2.45) is 5.41 Å². The van der Waals surface area contributed by atoms with Crippen LogP contribution in [0, 0.1) is 5.41 Å². The van der Waals surface area contributed by atoms with Crippen molar-refractivity contribution in [1.29, 1.82) is 0 Å². The van der Waals surface area contributed by atoms with Crippen LogP contribution in [0.25, 0.3) is 0 Å². The predicted molar refractivity (Wildman–Crippen MR) is 89.9 cm³/mol. The molecule has 0 bridgehead atoms. The quantitative estimate of drug-likeness (QED) is 0.849. The average Bonchev–Trinajstić information content (AvgIpc) is 3.01. The molecule has 124 valence electrons. The topological polar surface area (TPSA) is 49.4 Å². The summed E-state index contributed by atoms with van der Waals surface area (Å²) < 4.78 is 0. The summed E-state index contributed by atoms with van der Waals surface area (Å²) in [6, 6.07) is 10.4. The Hall–Kier alpha value is -1.84. The van der Waals surface area contributed by atoms with Crippen LogP contribution in [0.2, 0.25) is 0 Å². The third-order valence-electron chi connectivity index (χ3n) is 5.25. The van der Waals surface area contributed by atoms with Crippen LogP contribution in [-0.2, 0) is 16.0 Å². The van der Waals surface area contributed by atoms with Crippen molar-refractivity contribution in [2.75, 3.05) is 19.6 Å². The van der Waals surface area contributed by atoms with Crippen LogP contribution in [-0.4, -0.2) is 36.3 Å². The van der Waals surface area contributed by atoms with E-state index < -0.39 is 0 Å². The lowest BCUT2D eigenvalue weighted by Crippen LogP contribution is -2.47. The molecule has 2 heterocycles. The average molecular weight is 314 g/mol. The molecule has 2 amide bonds. The molecule has 0 aliphatic carbocycles. The van der Waals surface area contributed by atoms with E-state index in [1.807, 2.05) is 11.0 Å². The van der Waals surface area contributed by atoms with Gasteiger partial charge in [-0.25, -0.2) is 0 Å². The van der Waals surface area contributed by atoms with Crippen molar-refractivity contribution in [3.05, 3.63) is 35.9 Å². The Morgan fingerprint density at radius 3 is 2.78 bits per heavy atom. The van der Waals surface area contributed by atoms with Gasteiger partial charge in [0, 0.05) is 26.1 Å². The van der Waals surface area contributed by atoms with Gasteiger partial charge in [-0.2, -0.15) is 0 Å². The number of amides is 2. The number of aryl methyl sites for hydroxylation is 1. The lowest BCUT2D eigenvalue weighted by Gasteiger charge is -2.32. The molecule has 3 rings (SSSR count). The molecule has 0 saturated carbocycles. The number of carbonyl (C=O) groups is 2. The molecule has 4 heteroatoms. The summed E-state index contributed by atoms with van der Waals surface area (Å²) in [7, 11) is 0. The lowest BCUT2D eigenvalue weighted by atomic mass is 9.79. The Balaban J connectivity index is 1.42. The number of rotatable bonds is 5. The molecule has 4 nitrogen and oxygen atoms in total. The number of likely N-dealkylation sites (tertiary alicyclic amines) is 1. The molecule has 0 unspecified atom stereocenters. The molecule has 1 aromatic rings. The molecule has 2 aliphatic heterocycles. The summed E-state index contributed by atoms with van der Waals surface area (Å²) in [5.74, 6) is 0.372. The fourth-order valence-electron chi connectivity index (χ4n) is 3.81. The first-order valence-corrected chi connectivity index (χ1v) is 8.80. The Morgan fingerprint density at radius 1 is 1.17 bits per heavy atom. The molecule has 1 aromatic carbocycles. The molecule has 2 fully saturated rings. The van der Waals surface area contributed by atoms with Crippen molar-refractivity contribution < 1.29 is 9.59 Å². The molecule has 0 radical (unpaired) electrons. The van der Waals surface area contributed by atoms with Gasteiger partial charge in [0.1, 0.15) is 0 Å². The number of hydrogen-bond donors (Lipinski definition) is 1. The number of hydrogen-bond acceptors (Lipinski definition) is 2. The van der Waals surface area contributed by atoms with Gasteiger partial charge < -0.3 is 10.2 Å². The van der Waals surface area contributed by atoms with Crippen molar-refractivity contribution in [3.8, 4) is 0 Å². The first-order valence-electron chi connectivity index (χ1n) is 8.80. The standard InChI is InChI=1S/C19H26N2O2/c22-17(10-5-4-9-16-7-2-1-3-8-16)21-14-12-19(15-21)11-6-13-20-18(19)23/h1-3,7-8H,4-6,9-15H2,(H,20,23)/t19-/m0/s1. The molecule has 0 aromatic heterocycles. The number of unbranched alkanes of at least 4 members (excludes halogenated alkanes) is 1. The van der Waals surface area contributed by atoms with E-state index in [4.69, 9.17) is 0 Å². The Bertz CT molecular complexity index is 558. The zero-order chi connectivity index (χ0) is 16.1. The van der Waals surface area contributed by atoms with E-state index in [2.05, 4.69) is 29.6 Å². The van der Waals surface area contributed by atoms with E-state index >= 15 is 0 Å². The van der Waals surface area contributed by atoms with Crippen LogP contribution >= 0.6 is 0 Å². The van der Waals surface area contributed by atoms with Crippen molar-refractivity contribution in [1.82, 2.24) is 10.2 Å². The maximum Gasteiger partial charge on any atom is 0.228 e. The van der Waals surface area contributed by atoms with Gasteiger partial charge in [0.05, 0.1) is 5.41 Å². The predicted octanol–water partition coefficient (Wildman–Crippen LogP) is 2.53. The SMILES string of the molecule is O=C(CCCCc1ccccc1)N1CC[C@@]2(CCCNC2=O)C1.